The first-order valence-corrected chi connectivity index (χ1v) is 13.0. The van der Waals surface area contributed by atoms with Gasteiger partial charge >= 0.3 is 17.8 Å². The number of alkyl halides is 8. The summed E-state index contributed by atoms with van der Waals surface area (Å²) in [4.78, 5) is 0. The van der Waals surface area contributed by atoms with E-state index in [0.29, 0.717) is 22.7 Å². The molecule has 39 heavy (non-hydrogen) atoms. The summed E-state index contributed by atoms with van der Waals surface area (Å²) in [5.74, 6) is -19.0. The van der Waals surface area contributed by atoms with Gasteiger partial charge in [-0.1, -0.05) is 60.7 Å². The van der Waals surface area contributed by atoms with Gasteiger partial charge in [0, 0.05) is 21.9 Å². The van der Waals surface area contributed by atoms with Crippen molar-refractivity contribution in [2.24, 2.45) is 0 Å². The maximum absolute atomic E-state index is 17.5. The third-order valence-electron chi connectivity index (χ3n) is 6.87. The largest absolute Gasteiger partial charge is 0.487 e. The highest BCUT2D eigenvalue weighted by molar-refractivity contribution is 7.12. The van der Waals surface area contributed by atoms with Crippen LogP contribution in [0.15, 0.2) is 71.4 Å². The van der Waals surface area contributed by atoms with Gasteiger partial charge in [-0.15, -0.1) is 22.7 Å². The van der Waals surface area contributed by atoms with E-state index < -0.39 is 61.5 Å². The highest BCUT2D eigenvalue weighted by atomic mass is 32.1. The van der Waals surface area contributed by atoms with E-state index in [1.807, 2.05) is 0 Å². The Morgan fingerprint density at radius 1 is 0.513 bits per heavy atom. The molecule has 0 aliphatic heterocycles. The Morgan fingerprint density at radius 3 is 1.15 bits per heavy atom. The topological polar surface area (TPSA) is 18.5 Å². The van der Waals surface area contributed by atoms with Crippen LogP contribution in [0.3, 0.4) is 0 Å². The normalized spacial score (nSPS) is 25.0. The van der Waals surface area contributed by atoms with Crippen molar-refractivity contribution in [3.63, 3.8) is 0 Å². The van der Waals surface area contributed by atoms with Gasteiger partial charge in [0.1, 0.15) is 0 Å². The fraction of sp³-hybridized carbons (Fsp3) is 0.259. The molecule has 1 saturated carbocycles. The van der Waals surface area contributed by atoms with Crippen LogP contribution in [0, 0.1) is 0 Å². The number of halogens is 8. The predicted molar refractivity (Wildman–Crippen MR) is 133 cm³/mol. The molecule has 0 N–H and O–H groups in total. The minimum atomic E-state index is -6.47. The van der Waals surface area contributed by atoms with Crippen molar-refractivity contribution in [2.45, 2.75) is 29.1 Å². The summed E-state index contributed by atoms with van der Waals surface area (Å²) in [5, 5.41) is 0.613. The van der Waals surface area contributed by atoms with Gasteiger partial charge in [-0.25, -0.2) is 8.78 Å². The zero-order valence-electron chi connectivity index (χ0n) is 20.1. The molecular formula is C27H18F8O2S2. The van der Waals surface area contributed by atoms with Gasteiger partial charge in [-0.05, 0) is 11.1 Å². The molecule has 0 radical (unpaired) electrons. The third kappa shape index (κ3) is 3.24. The quantitative estimate of drug-likeness (QED) is 0.209. The Morgan fingerprint density at radius 2 is 0.846 bits per heavy atom. The third-order valence-corrected chi connectivity index (χ3v) is 8.75. The molecule has 0 amide bonds. The molecule has 206 valence electrons. The molecule has 12 heteroatoms. The minimum absolute atomic E-state index is 0.00123. The molecular weight excluding hydrogens is 572 g/mol. The van der Waals surface area contributed by atoms with Crippen LogP contribution >= 0.6 is 22.7 Å². The van der Waals surface area contributed by atoms with E-state index in [-0.39, 0.29) is 11.1 Å². The number of hydrogen-bond acceptors (Lipinski definition) is 4. The van der Waals surface area contributed by atoms with Crippen LogP contribution in [0.1, 0.15) is 11.1 Å². The SMILES string of the molecule is COc1scc(-c2ccccc2)c1C1(F)C(F)(F)C(F)(F)C(F)(F)C1(F)c1c(-c2ccccc2)csc1OC. The molecule has 2 atom stereocenters. The van der Waals surface area contributed by atoms with Gasteiger partial charge < -0.3 is 9.47 Å². The van der Waals surface area contributed by atoms with Crippen molar-refractivity contribution < 1.29 is 44.6 Å². The van der Waals surface area contributed by atoms with E-state index >= 15 is 35.1 Å². The first-order valence-electron chi connectivity index (χ1n) is 11.3. The average Bonchev–Trinajstić information content (AvgIpc) is 3.58. The lowest BCUT2D eigenvalue weighted by Crippen LogP contribution is -2.53. The molecule has 1 aliphatic rings. The maximum Gasteiger partial charge on any atom is 0.379 e. The molecule has 2 nitrogen and oxygen atoms in total. The van der Waals surface area contributed by atoms with Crippen LogP contribution in [-0.4, -0.2) is 32.0 Å². The van der Waals surface area contributed by atoms with E-state index in [0.717, 1.165) is 25.0 Å². The molecule has 1 fully saturated rings. The lowest BCUT2D eigenvalue weighted by Gasteiger charge is -2.38. The van der Waals surface area contributed by atoms with Gasteiger partial charge in [0.05, 0.1) is 25.3 Å². The van der Waals surface area contributed by atoms with Crippen molar-refractivity contribution in [2.75, 3.05) is 14.2 Å². The minimum Gasteiger partial charge on any atom is -0.487 e. The van der Waals surface area contributed by atoms with Crippen molar-refractivity contribution in [3.8, 4) is 32.4 Å². The summed E-state index contributed by atoms with van der Waals surface area (Å²) in [6, 6.07) is 14.1. The highest BCUT2D eigenvalue weighted by Gasteiger charge is 3.00. The zero-order valence-corrected chi connectivity index (χ0v) is 21.7. The summed E-state index contributed by atoms with van der Waals surface area (Å²) in [6.07, 6.45) is 0. The van der Waals surface area contributed by atoms with Crippen molar-refractivity contribution in [1.29, 1.82) is 0 Å². The summed E-state index contributed by atoms with van der Waals surface area (Å²) in [6.45, 7) is 0. The number of thiophene rings is 2. The van der Waals surface area contributed by atoms with Gasteiger partial charge in [-0.2, -0.15) is 26.3 Å². The molecule has 2 unspecified atom stereocenters. The summed E-state index contributed by atoms with van der Waals surface area (Å²) >= 11 is 0.971. The number of hydrogen-bond donors (Lipinski definition) is 0. The maximum atomic E-state index is 17.5. The Labute approximate surface area is 225 Å². The lowest BCUT2D eigenvalue weighted by molar-refractivity contribution is -0.293. The molecule has 4 aromatic rings. The Hall–Kier alpha value is -3.12. The number of rotatable bonds is 6. The second kappa shape index (κ2) is 8.95. The number of ether oxygens (including phenoxy) is 2. The van der Waals surface area contributed by atoms with Crippen LogP contribution in [0.4, 0.5) is 35.1 Å². The van der Waals surface area contributed by atoms with Gasteiger partial charge in [0.25, 0.3) is 11.3 Å². The van der Waals surface area contributed by atoms with Gasteiger partial charge in [0.2, 0.25) is 0 Å². The van der Waals surface area contributed by atoms with Crippen molar-refractivity contribution in [3.05, 3.63) is 82.6 Å². The molecule has 2 aromatic heterocycles. The number of benzene rings is 2. The zero-order chi connectivity index (χ0) is 28.4. The van der Waals surface area contributed by atoms with Crippen LogP contribution in [-0.2, 0) is 11.3 Å². The molecule has 0 bridgehead atoms. The van der Waals surface area contributed by atoms with E-state index in [9.17, 15) is 0 Å². The average molecular weight is 591 g/mol. The molecule has 2 aromatic carbocycles. The fourth-order valence-electron chi connectivity index (χ4n) is 5.01. The molecule has 1 aliphatic carbocycles. The smallest absolute Gasteiger partial charge is 0.379 e. The van der Waals surface area contributed by atoms with E-state index in [4.69, 9.17) is 9.47 Å². The van der Waals surface area contributed by atoms with E-state index in [1.54, 1.807) is 0 Å². The number of methoxy groups -OCH3 is 2. The van der Waals surface area contributed by atoms with Crippen LogP contribution < -0.4 is 9.47 Å². The Balaban J connectivity index is 1.96. The molecule has 5 rings (SSSR count). The van der Waals surface area contributed by atoms with E-state index in [2.05, 4.69) is 0 Å². The molecule has 2 heterocycles. The second-order valence-electron chi connectivity index (χ2n) is 8.80. The van der Waals surface area contributed by atoms with Crippen LogP contribution in [0.25, 0.3) is 22.3 Å². The van der Waals surface area contributed by atoms with Crippen molar-refractivity contribution in [1.82, 2.24) is 0 Å². The predicted octanol–water partition coefficient (Wildman–Crippen LogP) is 9.11. The fourth-order valence-corrected chi connectivity index (χ4v) is 6.90. The first kappa shape index (κ1) is 27.4. The Kier molecular flexibility index (Phi) is 6.30. The monoisotopic (exact) mass is 590 g/mol. The highest BCUT2D eigenvalue weighted by Crippen LogP contribution is 2.78. The Bertz CT molecular complexity index is 1390. The summed E-state index contributed by atoms with van der Waals surface area (Å²) < 4.78 is 138. The standard InChI is InChI=1S/C27H18F8O2S2/c1-36-21-19(17(13-38-21)15-9-5-3-6-10-15)23(28)24(29,26(32,33)27(34,35)25(23,30)31)20-18(14-39-22(20)37-2)16-11-7-4-8-12-16/h3-14H,1-2H3. The van der Waals surface area contributed by atoms with Gasteiger partial charge in [-0.3, -0.25) is 0 Å². The van der Waals surface area contributed by atoms with Crippen LogP contribution in [0.2, 0.25) is 0 Å². The lowest BCUT2D eigenvalue weighted by atomic mass is 9.74. The van der Waals surface area contributed by atoms with E-state index in [1.165, 1.54) is 60.7 Å². The second-order valence-corrected chi connectivity index (χ2v) is 10.5. The van der Waals surface area contributed by atoms with Crippen LogP contribution in [0.5, 0.6) is 10.1 Å². The molecule has 0 saturated heterocycles. The van der Waals surface area contributed by atoms with Crippen molar-refractivity contribution >= 4 is 22.7 Å². The first-order chi connectivity index (χ1) is 18.3. The summed E-state index contributed by atoms with van der Waals surface area (Å²) in [5.41, 5.74) is -14.5. The summed E-state index contributed by atoms with van der Waals surface area (Å²) in [7, 11) is 1.83. The van der Waals surface area contributed by atoms with Gasteiger partial charge in [0.15, 0.2) is 10.1 Å². The molecule has 0 spiro atoms.